The first-order chi connectivity index (χ1) is 12.8. The van der Waals surface area contributed by atoms with E-state index in [-0.39, 0.29) is 0 Å². The zero-order chi connectivity index (χ0) is 17.6. The van der Waals surface area contributed by atoms with E-state index in [1.165, 1.54) is 32.1 Å². The summed E-state index contributed by atoms with van der Waals surface area (Å²) in [5.41, 5.74) is 0.350. The van der Waals surface area contributed by atoms with Crippen LogP contribution in [0.4, 0.5) is 0 Å². The van der Waals surface area contributed by atoms with Crippen LogP contribution >= 0.6 is 0 Å². The molecule has 2 aliphatic heterocycles. The molecule has 3 heterocycles. The minimum atomic E-state index is 0.350. The lowest BCUT2D eigenvalue weighted by Crippen LogP contribution is -2.69. The number of aliphatic imine (C=N–C) groups is 1. The zero-order valence-corrected chi connectivity index (χ0v) is 15.7. The van der Waals surface area contributed by atoms with Crippen molar-refractivity contribution >= 4 is 5.96 Å². The highest BCUT2D eigenvalue weighted by molar-refractivity contribution is 5.80. The molecule has 2 N–H and O–H groups in total. The van der Waals surface area contributed by atoms with Crippen LogP contribution in [0.5, 0.6) is 0 Å². The van der Waals surface area contributed by atoms with Crippen LogP contribution in [-0.2, 0) is 17.7 Å². The van der Waals surface area contributed by atoms with Crippen LogP contribution in [0.1, 0.15) is 51.3 Å². The summed E-state index contributed by atoms with van der Waals surface area (Å²) in [4.78, 5) is 9.09. The molecule has 4 aliphatic rings. The van der Waals surface area contributed by atoms with E-state index < -0.39 is 0 Å². The maximum absolute atomic E-state index is 6.12. The molecule has 26 heavy (non-hydrogen) atoms. The molecule has 0 amide bonds. The average molecular weight is 358 g/mol. The molecule has 7 heteroatoms. The van der Waals surface area contributed by atoms with E-state index >= 15 is 0 Å². The van der Waals surface area contributed by atoms with Gasteiger partial charge in [-0.05, 0) is 32.6 Å². The fourth-order valence-corrected chi connectivity index (χ4v) is 5.89. The van der Waals surface area contributed by atoms with Gasteiger partial charge in [0.05, 0.1) is 12.6 Å². The maximum Gasteiger partial charge on any atom is 0.191 e. The second-order valence-corrected chi connectivity index (χ2v) is 8.37. The Morgan fingerprint density at radius 3 is 3.08 bits per heavy atom. The third-order valence-corrected chi connectivity index (χ3v) is 7.04. The molecule has 0 bridgehead atoms. The van der Waals surface area contributed by atoms with E-state index in [1.807, 2.05) is 4.68 Å². The predicted octanol–water partition coefficient (Wildman–Crippen LogP) is 1.50. The Bertz CT molecular complexity index is 679. The van der Waals surface area contributed by atoms with Crippen molar-refractivity contribution in [1.82, 2.24) is 25.4 Å². The number of fused-ring (bicyclic) bond motifs is 3. The van der Waals surface area contributed by atoms with Crippen molar-refractivity contribution in [3.05, 3.63) is 12.2 Å². The Kier molecular flexibility index (Phi) is 4.14. The first-order valence-corrected chi connectivity index (χ1v) is 10.4. The number of aryl methyl sites for hydroxylation is 1. The largest absolute Gasteiger partial charge is 0.377 e. The van der Waals surface area contributed by atoms with Crippen LogP contribution in [0.3, 0.4) is 0 Å². The Morgan fingerprint density at radius 1 is 1.35 bits per heavy atom. The van der Waals surface area contributed by atoms with Gasteiger partial charge in [0.1, 0.15) is 12.2 Å². The van der Waals surface area contributed by atoms with E-state index in [1.54, 1.807) is 6.33 Å². The molecule has 5 rings (SSSR count). The Morgan fingerprint density at radius 2 is 2.23 bits per heavy atom. The maximum atomic E-state index is 6.12. The number of guanidine groups is 1. The van der Waals surface area contributed by atoms with E-state index in [0.29, 0.717) is 29.5 Å². The van der Waals surface area contributed by atoms with Crippen molar-refractivity contribution in [1.29, 1.82) is 0 Å². The lowest BCUT2D eigenvalue weighted by atomic mass is 9.54. The van der Waals surface area contributed by atoms with Gasteiger partial charge in [0.25, 0.3) is 0 Å². The summed E-state index contributed by atoms with van der Waals surface area (Å²) in [5, 5.41) is 11.9. The normalized spacial score (nSPS) is 35.0. The van der Waals surface area contributed by atoms with Crippen LogP contribution in [0, 0.1) is 11.3 Å². The van der Waals surface area contributed by atoms with Gasteiger partial charge < -0.3 is 15.4 Å². The second-order valence-electron chi connectivity index (χ2n) is 8.37. The summed E-state index contributed by atoms with van der Waals surface area (Å²) < 4.78 is 8.14. The molecule has 7 nitrogen and oxygen atoms in total. The Labute approximate surface area is 155 Å². The van der Waals surface area contributed by atoms with E-state index in [9.17, 15) is 0 Å². The molecule has 1 saturated heterocycles. The zero-order valence-electron chi connectivity index (χ0n) is 15.7. The molecule has 4 unspecified atom stereocenters. The van der Waals surface area contributed by atoms with Crippen molar-refractivity contribution < 1.29 is 4.74 Å². The first kappa shape index (κ1) is 16.5. The monoisotopic (exact) mass is 358 g/mol. The van der Waals surface area contributed by atoms with E-state index in [2.05, 4.69) is 27.6 Å². The van der Waals surface area contributed by atoms with Gasteiger partial charge in [0, 0.05) is 43.0 Å². The summed E-state index contributed by atoms with van der Waals surface area (Å²) in [6, 6.07) is 0.873. The predicted molar refractivity (Wildman–Crippen MR) is 98.9 cm³/mol. The summed E-state index contributed by atoms with van der Waals surface area (Å²) in [6.45, 7) is 4.69. The lowest BCUT2D eigenvalue weighted by molar-refractivity contribution is -0.125. The van der Waals surface area contributed by atoms with Crippen LogP contribution in [0.2, 0.25) is 0 Å². The number of ether oxygens (including phenoxy) is 1. The molecule has 2 aliphatic carbocycles. The molecule has 4 atom stereocenters. The van der Waals surface area contributed by atoms with Gasteiger partial charge in [-0.3, -0.25) is 4.99 Å². The number of rotatable bonds is 3. The van der Waals surface area contributed by atoms with Crippen molar-refractivity contribution in [3.8, 4) is 0 Å². The molecular formula is C19H30N6O. The van der Waals surface area contributed by atoms with Gasteiger partial charge in [-0.25, -0.2) is 9.67 Å². The Hall–Kier alpha value is -1.63. The van der Waals surface area contributed by atoms with Gasteiger partial charge in [-0.2, -0.15) is 5.10 Å². The molecule has 2 saturated carbocycles. The summed E-state index contributed by atoms with van der Waals surface area (Å²) in [5.74, 6) is 2.73. The highest BCUT2D eigenvalue weighted by Crippen LogP contribution is 2.60. The van der Waals surface area contributed by atoms with Crippen molar-refractivity contribution in [2.24, 2.45) is 16.3 Å². The van der Waals surface area contributed by atoms with Gasteiger partial charge in [0.2, 0.25) is 0 Å². The van der Waals surface area contributed by atoms with Gasteiger partial charge in [-0.15, -0.1) is 0 Å². The number of nitrogens with zero attached hydrogens (tertiary/aromatic N) is 4. The van der Waals surface area contributed by atoms with Gasteiger partial charge in [0.15, 0.2) is 5.96 Å². The smallest absolute Gasteiger partial charge is 0.191 e. The van der Waals surface area contributed by atoms with Gasteiger partial charge >= 0.3 is 0 Å². The van der Waals surface area contributed by atoms with Gasteiger partial charge in [-0.1, -0.05) is 12.8 Å². The first-order valence-electron chi connectivity index (χ1n) is 10.4. The number of hydrogen-bond donors (Lipinski definition) is 2. The van der Waals surface area contributed by atoms with Crippen molar-refractivity contribution in [2.45, 2.75) is 76.6 Å². The number of aromatic nitrogens is 3. The molecule has 0 aromatic carbocycles. The summed E-state index contributed by atoms with van der Waals surface area (Å²) >= 11 is 0. The van der Waals surface area contributed by atoms with Crippen molar-refractivity contribution in [3.63, 3.8) is 0 Å². The fourth-order valence-electron chi connectivity index (χ4n) is 5.89. The highest BCUT2D eigenvalue weighted by atomic mass is 16.5. The van der Waals surface area contributed by atoms with Crippen LogP contribution < -0.4 is 10.6 Å². The SMILES string of the molecule is CCN=C(NC1CCc2ncnn2C1)NC1C2CCOC2C12CCCC2. The minimum absolute atomic E-state index is 0.350. The van der Waals surface area contributed by atoms with E-state index in [4.69, 9.17) is 9.73 Å². The standard InChI is InChI=1S/C19H30N6O/c1-2-20-18(23-13-5-6-15-21-12-22-25(15)11-13)24-16-14-7-10-26-17(14)19(16)8-3-4-9-19/h12-14,16-17H,2-11H2,1H3,(H2,20,23,24). The van der Waals surface area contributed by atoms with Crippen LogP contribution in [0.15, 0.2) is 11.3 Å². The summed E-state index contributed by atoms with van der Waals surface area (Å²) in [6.07, 6.45) is 10.7. The average Bonchev–Trinajstić information content (AvgIpc) is 3.37. The molecule has 142 valence electrons. The minimum Gasteiger partial charge on any atom is -0.377 e. The summed E-state index contributed by atoms with van der Waals surface area (Å²) in [7, 11) is 0. The third kappa shape index (κ3) is 2.54. The van der Waals surface area contributed by atoms with Crippen LogP contribution in [-0.4, -0.2) is 52.1 Å². The quantitative estimate of drug-likeness (QED) is 0.632. The number of hydrogen-bond acceptors (Lipinski definition) is 4. The molecule has 0 radical (unpaired) electrons. The fraction of sp³-hybridized carbons (Fsp3) is 0.842. The lowest BCUT2D eigenvalue weighted by Gasteiger charge is -2.57. The van der Waals surface area contributed by atoms with Crippen molar-refractivity contribution in [2.75, 3.05) is 13.2 Å². The number of nitrogens with one attached hydrogen (secondary N) is 2. The molecule has 1 spiro atoms. The highest BCUT2D eigenvalue weighted by Gasteiger charge is 2.65. The second kappa shape index (κ2) is 6.51. The molecule has 1 aromatic heterocycles. The Balaban J connectivity index is 1.29. The topological polar surface area (TPSA) is 76.4 Å². The third-order valence-electron chi connectivity index (χ3n) is 7.04. The van der Waals surface area contributed by atoms with Crippen LogP contribution in [0.25, 0.3) is 0 Å². The molecule has 1 aromatic rings. The molecule has 3 fully saturated rings. The van der Waals surface area contributed by atoms with E-state index in [0.717, 1.165) is 44.3 Å². The molecular weight excluding hydrogens is 328 g/mol.